The van der Waals surface area contributed by atoms with E-state index < -0.39 is 0 Å². The van der Waals surface area contributed by atoms with Crippen LogP contribution in [0.25, 0.3) is 0 Å². The SMILES string of the molecule is CC(C)c1ncc(NN)c(C(=O)NCc2ccncn2)n1. The molecule has 0 radical (unpaired) electrons. The molecule has 0 aromatic carbocycles. The minimum absolute atomic E-state index is 0.116. The van der Waals surface area contributed by atoms with Crippen LogP contribution < -0.4 is 16.6 Å². The van der Waals surface area contributed by atoms with Crippen LogP contribution in [0.15, 0.2) is 24.8 Å². The van der Waals surface area contributed by atoms with Crippen LogP contribution in [-0.2, 0) is 6.54 Å². The standard InChI is InChI=1S/C13H17N7O/c1-8(2)12-16-6-10(20-14)11(19-12)13(21)17-5-9-3-4-15-7-18-9/h3-4,6-8,20H,5,14H2,1-2H3,(H,17,21). The minimum Gasteiger partial charge on any atom is -0.345 e. The van der Waals surface area contributed by atoms with Crippen molar-refractivity contribution in [2.45, 2.75) is 26.3 Å². The highest BCUT2D eigenvalue weighted by molar-refractivity contribution is 5.97. The summed E-state index contributed by atoms with van der Waals surface area (Å²) in [7, 11) is 0. The first-order chi connectivity index (χ1) is 10.1. The average molecular weight is 287 g/mol. The molecule has 8 heteroatoms. The van der Waals surface area contributed by atoms with Crippen molar-refractivity contribution < 1.29 is 4.79 Å². The molecule has 2 aromatic rings. The van der Waals surface area contributed by atoms with Crippen molar-refractivity contribution in [3.8, 4) is 0 Å². The number of hydrazine groups is 1. The van der Waals surface area contributed by atoms with E-state index in [1.807, 2.05) is 13.8 Å². The van der Waals surface area contributed by atoms with Gasteiger partial charge in [0.1, 0.15) is 12.2 Å². The van der Waals surface area contributed by atoms with Crippen molar-refractivity contribution in [3.63, 3.8) is 0 Å². The Morgan fingerprint density at radius 3 is 2.81 bits per heavy atom. The van der Waals surface area contributed by atoms with Crippen LogP contribution >= 0.6 is 0 Å². The van der Waals surface area contributed by atoms with E-state index in [0.717, 1.165) is 0 Å². The molecule has 0 saturated carbocycles. The first kappa shape index (κ1) is 14.8. The summed E-state index contributed by atoms with van der Waals surface area (Å²) < 4.78 is 0. The van der Waals surface area contributed by atoms with Crippen molar-refractivity contribution in [2.75, 3.05) is 5.43 Å². The zero-order chi connectivity index (χ0) is 15.2. The molecule has 0 unspecified atom stereocenters. The Hall–Kier alpha value is -2.61. The van der Waals surface area contributed by atoms with Crippen LogP contribution in [0.3, 0.4) is 0 Å². The lowest BCUT2D eigenvalue weighted by Gasteiger charge is -2.11. The normalized spacial score (nSPS) is 10.5. The van der Waals surface area contributed by atoms with E-state index in [4.69, 9.17) is 5.84 Å². The molecule has 4 N–H and O–H groups in total. The van der Waals surface area contributed by atoms with Gasteiger partial charge in [-0.25, -0.2) is 19.9 Å². The Labute approximate surface area is 122 Å². The van der Waals surface area contributed by atoms with E-state index in [2.05, 4.69) is 30.7 Å². The molecule has 110 valence electrons. The second kappa shape index (κ2) is 6.71. The van der Waals surface area contributed by atoms with Gasteiger partial charge in [0.25, 0.3) is 5.91 Å². The van der Waals surface area contributed by atoms with Crippen molar-refractivity contribution in [3.05, 3.63) is 42.0 Å². The Kier molecular flexibility index (Phi) is 4.72. The summed E-state index contributed by atoms with van der Waals surface area (Å²) in [5, 5.41) is 2.74. The van der Waals surface area contributed by atoms with Gasteiger partial charge >= 0.3 is 0 Å². The number of nitrogens with zero attached hydrogens (tertiary/aromatic N) is 4. The molecule has 0 bridgehead atoms. The van der Waals surface area contributed by atoms with Crippen LogP contribution in [0.4, 0.5) is 5.69 Å². The molecule has 0 atom stereocenters. The van der Waals surface area contributed by atoms with Gasteiger partial charge in [-0.3, -0.25) is 10.6 Å². The first-order valence-corrected chi connectivity index (χ1v) is 6.48. The van der Waals surface area contributed by atoms with E-state index in [-0.39, 0.29) is 24.1 Å². The Balaban J connectivity index is 2.15. The Bertz CT molecular complexity index is 615. The van der Waals surface area contributed by atoms with Crippen LogP contribution in [0.5, 0.6) is 0 Å². The molecule has 1 amide bonds. The summed E-state index contributed by atoms with van der Waals surface area (Å²) in [6.45, 7) is 4.19. The second-order valence-electron chi connectivity index (χ2n) is 4.67. The van der Waals surface area contributed by atoms with Crippen molar-refractivity contribution in [1.82, 2.24) is 25.3 Å². The Morgan fingerprint density at radius 1 is 1.38 bits per heavy atom. The molecule has 0 saturated heterocycles. The quantitative estimate of drug-likeness (QED) is 0.544. The maximum absolute atomic E-state index is 12.2. The molecule has 0 aliphatic carbocycles. The van der Waals surface area contributed by atoms with Gasteiger partial charge in [-0.2, -0.15) is 0 Å². The highest BCUT2D eigenvalue weighted by atomic mass is 16.1. The van der Waals surface area contributed by atoms with Crippen LogP contribution in [0.2, 0.25) is 0 Å². The molecule has 0 fully saturated rings. The fraction of sp³-hybridized carbons (Fsp3) is 0.308. The van der Waals surface area contributed by atoms with E-state index in [1.54, 1.807) is 12.3 Å². The van der Waals surface area contributed by atoms with Crippen molar-refractivity contribution >= 4 is 11.6 Å². The lowest BCUT2D eigenvalue weighted by atomic mass is 10.2. The number of anilines is 1. The van der Waals surface area contributed by atoms with Gasteiger partial charge in [-0.05, 0) is 6.07 Å². The van der Waals surface area contributed by atoms with Crippen molar-refractivity contribution in [2.24, 2.45) is 5.84 Å². The monoisotopic (exact) mass is 287 g/mol. The molecule has 21 heavy (non-hydrogen) atoms. The fourth-order valence-corrected chi connectivity index (χ4v) is 1.63. The molecule has 2 heterocycles. The highest BCUT2D eigenvalue weighted by Gasteiger charge is 2.16. The van der Waals surface area contributed by atoms with Gasteiger partial charge in [0.15, 0.2) is 5.69 Å². The second-order valence-corrected chi connectivity index (χ2v) is 4.67. The molecule has 0 spiro atoms. The maximum Gasteiger partial charge on any atom is 0.272 e. The number of aromatic nitrogens is 4. The van der Waals surface area contributed by atoms with E-state index >= 15 is 0 Å². The molecular formula is C13H17N7O. The molecular weight excluding hydrogens is 270 g/mol. The first-order valence-electron chi connectivity index (χ1n) is 6.48. The third kappa shape index (κ3) is 3.69. The average Bonchev–Trinajstić information content (AvgIpc) is 2.52. The minimum atomic E-state index is -0.342. The molecule has 2 rings (SSSR count). The van der Waals surface area contributed by atoms with Crippen LogP contribution in [-0.4, -0.2) is 25.8 Å². The lowest BCUT2D eigenvalue weighted by molar-refractivity contribution is 0.0945. The van der Waals surface area contributed by atoms with Gasteiger partial charge in [-0.15, -0.1) is 0 Å². The zero-order valence-electron chi connectivity index (χ0n) is 11.9. The summed E-state index contributed by atoms with van der Waals surface area (Å²) in [4.78, 5) is 28.5. The number of amides is 1. The van der Waals surface area contributed by atoms with Gasteiger partial charge < -0.3 is 10.7 Å². The smallest absolute Gasteiger partial charge is 0.272 e. The predicted molar refractivity (Wildman–Crippen MR) is 77.1 cm³/mol. The molecule has 0 aliphatic rings. The van der Waals surface area contributed by atoms with Crippen LogP contribution in [0, 0.1) is 0 Å². The van der Waals surface area contributed by atoms with Gasteiger partial charge in [0.2, 0.25) is 0 Å². The predicted octanol–water partition coefficient (Wildman–Crippen LogP) is 0.606. The number of nitrogens with one attached hydrogen (secondary N) is 2. The molecule has 2 aromatic heterocycles. The maximum atomic E-state index is 12.2. The summed E-state index contributed by atoms with van der Waals surface area (Å²) in [6, 6.07) is 1.72. The number of nitrogen functional groups attached to an aromatic ring is 1. The highest BCUT2D eigenvalue weighted by Crippen LogP contribution is 2.15. The van der Waals surface area contributed by atoms with E-state index in [9.17, 15) is 4.79 Å². The molecule has 8 nitrogen and oxygen atoms in total. The van der Waals surface area contributed by atoms with Gasteiger partial charge in [0, 0.05) is 12.1 Å². The summed E-state index contributed by atoms with van der Waals surface area (Å²) in [6.07, 6.45) is 4.54. The van der Waals surface area contributed by atoms with Crippen molar-refractivity contribution in [1.29, 1.82) is 0 Å². The topological polar surface area (TPSA) is 119 Å². The third-order valence-corrected chi connectivity index (χ3v) is 2.77. The fourth-order valence-electron chi connectivity index (χ4n) is 1.63. The molecule has 0 aliphatic heterocycles. The number of rotatable bonds is 5. The van der Waals surface area contributed by atoms with Crippen LogP contribution in [0.1, 0.15) is 41.8 Å². The van der Waals surface area contributed by atoms with Gasteiger partial charge in [-0.1, -0.05) is 13.8 Å². The number of nitrogens with two attached hydrogens (primary N) is 1. The summed E-state index contributed by atoms with van der Waals surface area (Å²) in [5.74, 6) is 5.75. The van der Waals surface area contributed by atoms with E-state index in [0.29, 0.717) is 17.2 Å². The summed E-state index contributed by atoms with van der Waals surface area (Å²) >= 11 is 0. The number of hydrogen-bond acceptors (Lipinski definition) is 7. The van der Waals surface area contributed by atoms with Gasteiger partial charge in [0.05, 0.1) is 24.1 Å². The third-order valence-electron chi connectivity index (χ3n) is 2.77. The summed E-state index contributed by atoms with van der Waals surface area (Å²) in [5.41, 5.74) is 3.72. The number of hydrogen-bond donors (Lipinski definition) is 3. The van der Waals surface area contributed by atoms with E-state index in [1.165, 1.54) is 12.5 Å². The number of carbonyl (C=O) groups excluding carboxylic acids is 1. The lowest BCUT2D eigenvalue weighted by Crippen LogP contribution is -2.27. The largest absolute Gasteiger partial charge is 0.345 e. The number of carbonyl (C=O) groups is 1. The zero-order valence-corrected chi connectivity index (χ0v) is 11.9. The Morgan fingerprint density at radius 2 is 2.19 bits per heavy atom.